The van der Waals surface area contributed by atoms with E-state index in [1.165, 1.54) is 0 Å². The molecule has 18 heteroatoms. The third kappa shape index (κ3) is 17.4. The van der Waals surface area contributed by atoms with Gasteiger partial charge in [-0.15, -0.1) is 0 Å². The van der Waals surface area contributed by atoms with Gasteiger partial charge >= 0.3 is 24.1 Å². The maximum atomic E-state index is 13.2. The molecule has 258 valence electrons. The fourth-order valence-electron chi connectivity index (χ4n) is 3.37. The van der Waals surface area contributed by atoms with Crippen LogP contribution in [0.2, 0.25) is 0 Å². The number of alkyl carbamates (subject to hydrolysis) is 2. The Morgan fingerprint density at radius 2 is 0.891 bits per heavy atom. The quantitative estimate of drug-likeness (QED) is 0.104. The minimum Gasteiger partial charge on any atom is -0.481 e. The highest BCUT2D eigenvalue weighted by molar-refractivity contribution is 6.01. The third-order valence-electron chi connectivity index (χ3n) is 5.20. The summed E-state index contributed by atoms with van der Waals surface area (Å²) in [4.78, 5) is 80.6. The van der Waals surface area contributed by atoms with Crippen LogP contribution in [0.4, 0.5) is 21.2 Å². The van der Waals surface area contributed by atoms with Crippen LogP contribution in [0.1, 0.15) is 88.2 Å². The van der Waals surface area contributed by atoms with Gasteiger partial charge in [-0.3, -0.25) is 19.2 Å². The predicted octanol–water partition coefficient (Wildman–Crippen LogP) is 1.54. The normalized spacial score (nSPS) is 11.1. The van der Waals surface area contributed by atoms with Gasteiger partial charge in [-0.05, 0) is 54.4 Å². The van der Waals surface area contributed by atoms with Gasteiger partial charge in [-0.25, -0.2) is 19.6 Å². The van der Waals surface area contributed by atoms with Gasteiger partial charge < -0.3 is 51.6 Å². The monoisotopic (exact) mass is 654 g/mol. The second kappa shape index (κ2) is 18.8. The SMILES string of the molecule is CC(C)(C)OC(=O)NCCNC(=O)c1nc(NCCCC(=O)O)c(C(=O)NCCNC(=O)OC(C)(C)C)nc1NCCCC(=O)O. The fraction of sp³-hybridized carbons (Fsp3) is 0.643. The zero-order chi connectivity index (χ0) is 34.9. The molecule has 0 saturated carbocycles. The Morgan fingerprint density at radius 3 is 1.20 bits per heavy atom. The maximum Gasteiger partial charge on any atom is 0.407 e. The average Bonchev–Trinajstić information content (AvgIpc) is 2.91. The molecule has 0 aromatic carbocycles. The predicted molar refractivity (Wildman–Crippen MR) is 166 cm³/mol. The third-order valence-corrected chi connectivity index (χ3v) is 5.20. The van der Waals surface area contributed by atoms with Gasteiger partial charge in [0.15, 0.2) is 23.0 Å². The Labute approximate surface area is 267 Å². The van der Waals surface area contributed by atoms with Crippen molar-refractivity contribution in [2.75, 3.05) is 49.9 Å². The number of nitrogens with zero attached hydrogens (tertiary/aromatic N) is 2. The summed E-state index contributed by atoms with van der Waals surface area (Å²) in [7, 11) is 0. The molecule has 0 aliphatic heterocycles. The molecule has 0 bridgehead atoms. The number of aromatic nitrogens is 2. The molecule has 8 N–H and O–H groups in total. The van der Waals surface area contributed by atoms with E-state index in [0.717, 1.165) is 0 Å². The summed E-state index contributed by atoms with van der Waals surface area (Å²) < 4.78 is 10.3. The van der Waals surface area contributed by atoms with Crippen LogP contribution >= 0.6 is 0 Å². The molecule has 4 amide bonds. The Balaban J connectivity index is 3.17. The molecule has 1 aromatic heterocycles. The van der Waals surface area contributed by atoms with E-state index in [4.69, 9.17) is 19.7 Å². The molecule has 0 fully saturated rings. The summed E-state index contributed by atoms with van der Waals surface area (Å²) in [6.45, 7) is 10.4. The Bertz CT molecular complexity index is 1130. The highest BCUT2D eigenvalue weighted by Crippen LogP contribution is 2.19. The number of hydrogen-bond donors (Lipinski definition) is 8. The van der Waals surface area contributed by atoms with Crippen LogP contribution in [0.15, 0.2) is 0 Å². The van der Waals surface area contributed by atoms with Crippen LogP contribution in [-0.2, 0) is 19.1 Å². The lowest BCUT2D eigenvalue weighted by atomic mass is 10.2. The Hall–Kier alpha value is -4.90. The molecular formula is C28H46N8O10. The summed E-state index contributed by atoms with van der Waals surface area (Å²) in [6, 6.07) is 0. The molecule has 0 aliphatic rings. The zero-order valence-corrected chi connectivity index (χ0v) is 27.1. The maximum absolute atomic E-state index is 13.2. The van der Waals surface area contributed by atoms with Crippen LogP contribution in [0, 0.1) is 0 Å². The number of aliphatic carboxylic acids is 2. The van der Waals surface area contributed by atoms with Gasteiger partial charge in [0.2, 0.25) is 0 Å². The summed E-state index contributed by atoms with van der Waals surface area (Å²) in [5.74, 6) is -3.72. The van der Waals surface area contributed by atoms with Crippen molar-refractivity contribution in [3.63, 3.8) is 0 Å². The van der Waals surface area contributed by atoms with Crippen LogP contribution in [0.3, 0.4) is 0 Å². The average molecular weight is 655 g/mol. The van der Waals surface area contributed by atoms with Gasteiger partial charge in [0.1, 0.15) is 11.2 Å². The minimum absolute atomic E-state index is 0.0214. The van der Waals surface area contributed by atoms with E-state index < -0.39 is 47.1 Å². The van der Waals surface area contributed by atoms with Gasteiger partial charge in [0.05, 0.1) is 0 Å². The summed E-state index contributed by atoms with van der Waals surface area (Å²) in [6.07, 6.45) is -1.34. The second-order valence-corrected chi connectivity index (χ2v) is 11.8. The minimum atomic E-state index is -1.02. The number of anilines is 2. The van der Waals surface area contributed by atoms with E-state index in [0.29, 0.717) is 0 Å². The summed E-state index contributed by atoms with van der Waals surface area (Å²) in [5.41, 5.74) is -1.89. The number of ether oxygens (including phenoxy) is 2. The van der Waals surface area contributed by atoms with Crippen molar-refractivity contribution < 1.29 is 48.5 Å². The van der Waals surface area contributed by atoms with Crippen molar-refractivity contribution in [2.24, 2.45) is 0 Å². The van der Waals surface area contributed by atoms with Crippen LogP contribution < -0.4 is 31.9 Å². The first kappa shape index (κ1) is 39.1. The number of carbonyl (C=O) groups excluding carboxylic acids is 4. The van der Waals surface area contributed by atoms with Crippen molar-refractivity contribution in [3.8, 4) is 0 Å². The van der Waals surface area contributed by atoms with Crippen LogP contribution in [-0.4, -0.2) is 107 Å². The molecule has 0 radical (unpaired) electrons. The first-order valence-corrected chi connectivity index (χ1v) is 14.7. The highest BCUT2D eigenvalue weighted by Gasteiger charge is 2.24. The molecule has 0 spiro atoms. The Morgan fingerprint density at radius 1 is 0.565 bits per heavy atom. The molecular weight excluding hydrogens is 608 g/mol. The molecule has 0 atom stereocenters. The van der Waals surface area contributed by atoms with E-state index in [9.17, 15) is 28.8 Å². The number of rotatable bonds is 18. The number of carboxylic acid groups (broad SMARTS) is 2. The number of amides is 4. The second-order valence-electron chi connectivity index (χ2n) is 11.8. The van der Waals surface area contributed by atoms with Crippen molar-refractivity contribution in [2.45, 2.75) is 78.4 Å². The fourth-order valence-corrected chi connectivity index (χ4v) is 3.37. The molecule has 46 heavy (non-hydrogen) atoms. The first-order chi connectivity index (χ1) is 21.4. The Kier molecular flexibility index (Phi) is 16.0. The smallest absolute Gasteiger partial charge is 0.407 e. The number of carboxylic acids is 2. The van der Waals surface area contributed by atoms with Crippen LogP contribution in [0.25, 0.3) is 0 Å². The van der Waals surface area contributed by atoms with E-state index in [2.05, 4.69) is 41.9 Å². The molecule has 1 aromatic rings. The highest BCUT2D eigenvalue weighted by atomic mass is 16.6. The lowest BCUT2D eigenvalue weighted by molar-refractivity contribution is -0.138. The molecule has 0 aliphatic carbocycles. The lowest BCUT2D eigenvalue weighted by Crippen LogP contribution is -2.39. The molecule has 0 unspecified atom stereocenters. The molecule has 1 rings (SSSR count). The zero-order valence-electron chi connectivity index (χ0n) is 27.1. The van der Waals surface area contributed by atoms with E-state index in [-0.39, 0.29) is 88.0 Å². The first-order valence-electron chi connectivity index (χ1n) is 14.7. The molecule has 0 saturated heterocycles. The van der Waals surface area contributed by atoms with Crippen molar-refractivity contribution in [1.29, 1.82) is 0 Å². The van der Waals surface area contributed by atoms with Gasteiger partial charge in [0, 0.05) is 52.1 Å². The lowest BCUT2D eigenvalue weighted by Gasteiger charge is -2.20. The van der Waals surface area contributed by atoms with Gasteiger partial charge in [-0.1, -0.05) is 0 Å². The molecule has 1 heterocycles. The van der Waals surface area contributed by atoms with Crippen molar-refractivity contribution in [1.82, 2.24) is 31.2 Å². The standard InChI is InChI=1S/C28H46N8O10/c1-27(2,3)45-25(43)33-15-13-31-23(41)19-21(29-11-7-9-17(37)38)36-20(22(35-19)30-12-8-10-18(39)40)24(42)32-14-16-34-26(44)46-28(4,5)6/h7-16H2,1-6H3,(H,30,35)(H,29,36)(H,31,41)(H,32,42)(H,33,43)(H,34,44)(H,37,38)(H,39,40). The van der Waals surface area contributed by atoms with Crippen molar-refractivity contribution >= 4 is 47.6 Å². The molecule has 18 nitrogen and oxygen atoms in total. The number of nitrogens with one attached hydrogen (secondary N) is 6. The largest absolute Gasteiger partial charge is 0.481 e. The topological polar surface area (TPSA) is 259 Å². The van der Waals surface area contributed by atoms with Gasteiger partial charge in [0.25, 0.3) is 11.8 Å². The number of hydrogen-bond acceptors (Lipinski definition) is 12. The number of carbonyl (C=O) groups is 6. The van der Waals surface area contributed by atoms with E-state index >= 15 is 0 Å². The van der Waals surface area contributed by atoms with Gasteiger partial charge in [-0.2, -0.15) is 0 Å². The summed E-state index contributed by atoms with van der Waals surface area (Å²) >= 11 is 0. The van der Waals surface area contributed by atoms with Crippen molar-refractivity contribution in [3.05, 3.63) is 11.4 Å². The van der Waals surface area contributed by atoms with E-state index in [1.807, 2.05) is 0 Å². The van der Waals surface area contributed by atoms with E-state index in [1.54, 1.807) is 41.5 Å². The summed E-state index contributed by atoms with van der Waals surface area (Å²) in [5, 5.41) is 33.8. The van der Waals surface area contributed by atoms with Crippen LogP contribution in [0.5, 0.6) is 0 Å².